The molecule has 1 heteroatoms. The van der Waals surface area contributed by atoms with E-state index in [1.807, 2.05) is 11.6 Å². The molecule has 3 aromatic rings. The lowest BCUT2D eigenvalue weighted by Crippen LogP contribution is -2.31. The molecule has 2 aliphatic carbocycles. The Hall–Kier alpha value is -2.15. The third kappa shape index (κ3) is 4.81. The van der Waals surface area contributed by atoms with Crippen molar-refractivity contribution in [2.75, 3.05) is 0 Å². The van der Waals surface area contributed by atoms with Gasteiger partial charge in [0.05, 0.1) is 12.3 Å². The Kier molecular flexibility index (Phi) is 6.36. The standard InChI is InChI=1S/C33H44N/c1-23(2)19-25-15-16-30-28(20-25)17-18-34(4)33(30)32-22-29(26-11-7-5-8-12-26)21-31(24(32)3)27-13-9-6-10-14-27/h15-18,20-23,26-27H,5-14,19H2,1-4H3/q+1/i17D,18D. The van der Waals surface area contributed by atoms with Gasteiger partial charge >= 0.3 is 0 Å². The zero-order chi connectivity index (χ0) is 25.4. The number of benzene rings is 2. The normalized spacial score (nSPS) is 19.0. The van der Waals surface area contributed by atoms with Crippen LogP contribution in [0.4, 0.5) is 0 Å². The van der Waals surface area contributed by atoms with Crippen LogP contribution in [0.3, 0.4) is 0 Å². The fraction of sp³-hybridized carbons (Fsp3) is 0.545. The number of rotatable bonds is 5. The van der Waals surface area contributed by atoms with Gasteiger partial charge in [-0.15, -0.1) is 0 Å². The van der Waals surface area contributed by atoms with Gasteiger partial charge in [-0.05, 0) is 96.6 Å². The van der Waals surface area contributed by atoms with Gasteiger partial charge in [-0.2, -0.15) is 0 Å². The molecule has 0 amide bonds. The largest absolute Gasteiger partial charge is 0.220 e. The van der Waals surface area contributed by atoms with Gasteiger partial charge in [0.15, 0.2) is 6.17 Å². The summed E-state index contributed by atoms with van der Waals surface area (Å²) in [4.78, 5) is 0. The molecule has 0 unspecified atom stereocenters. The number of pyridine rings is 1. The highest BCUT2D eigenvalue weighted by Crippen LogP contribution is 2.42. The SMILES string of the molecule is [2H]c1c([2H])[n+](C)c(-c2cc(C3CCCCC3)cc(C3CCCCC3)c2C)c2ccc(CC(C)C)cc12. The van der Waals surface area contributed by atoms with E-state index in [2.05, 4.69) is 51.1 Å². The summed E-state index contributed by atoms with van der Waals surface area (Å²) >= 11 is 0. The summed E-state index contributed by atoms with van der Waals surface area (Å²) in [7, 11) is 1.99. The lowest BCUT2D eigenvalue weighted by Gasteiger charge is -2.28. The van der Waals surface area contributed by atoms with Gasteiger partial charge in [-0.25, -0.2) is 4.57 Å². The third-order valence-corrected chi connectivity index (χ3v) is 8.52. The third-order valence-electron chi connectivity index (χ3n) is 8.52. The van der Waals surface area contributed by atoms with Crippen molar-refractivity contribution in [2.24, 2.45) is 13.0 Å². The van der Waals surface area contributed by atoms with Crippen LogP contribution in [0.1, 0.15) is 115 Å². The monoisotopic (exact) mass is 456 g/mol. The highest BCUT2D eigenvalue weighted by molar-refractivity contribution is 5.94. The second-order valence-corrected chi connectivity index (χ2v) is 11.6. The first kappa shape index (κ1) is 21.2. The Bertz CT molecular complexity index is 1250. The van der Waals surface area contributed by atoms with Crippen LogP contribution in [-0.2, 0) is 13.5 Å². The smallest absolute Gasteiger partial charge is 0.200 e. The molecule has 180 valence electrons. The molecule has 34 heavy (non-hydrogen) atoms. The fourth-order valence-corrected chi connectivity index (χ4v) is 6.72. The summed E-state index contributed by atoms with van der Waals surface area (Å²) in [5.74, 6) is 1.88. The van der Waals surface area contributed by atoms with E-state index in [1.54, 1.807) is 5.56 Å². The van der Waals surface area contributed by atoms with Gasteiger partial charge in [0.25, 0.3) is 0 Å². The molecule has 2 saturated carbocycles. The molecule has 5 rings (SSSR count). The first-order chi connectivity index (χ1) is 17.3. The van der Waals surface area contributed by atoms with Crippen LogP contribution in [0.5, 0.6) is 0 Å². The quantitative estimate of drug-likeness (QED) is 0.337. The summed E-state index contributed by atoms with van der Waals surface area (Å²) in [6.45, 7) is 6.80. The highest BCUT2D eigenvalue weighted by atomic mass is 14.9. The number of hydrogen-bond acceptors (Lipinski definition) is 0. The number of fused-ring (bicyclic) bond motifs is 1. The van der Waals surface area contributed by atoms with E-state index in [4.69, 9.17) is 2.74 Å². The topological polar surface area (TPSA) is 3.88 Å². The van der Waals surface area contributed by atoms with Crippen molar-refractivity contribution in [3.63, 3.8) is 0 Å². The molecule has 2 aliphatic rings. The highest BCUT2D eigenvalue weighted by Gasteiger charge is 2.26. The van der Waals surface area contributed by atoms with Crippen LogP contribution in [0, 0.1) is 12.8 Å². The number of aromatic nitrogens is 1. The van der Waals surface area contributed by atoms with E-state index >= 15 is 0 Å². The number of hydrogen-bond donors (Lipinski definition) is 0. The van der Waals surface area contributed by atoms with Gasteiger partial charge in [0, 0.05) is 6.04 Å². The average molecular weight is 457 g/mol. The second kappa shape index (κ2) is 10.2. The van der Waals surface area contributed by atoms with Crippen LogP contribution in [0.25, 0.3) is 22.0 Å². The van der Waals surface area contributed by atoms with Crippen molar-refractivity contribution < 1.29 is 7.31 Å². The minimum Gasteiger partial charge on any atom is -0.200 e. The first-order valence-electron chi connectivity index (χ1n) is 14.9. The molecular weight excluding hydrogens is 410 g/mol. The lowest BCUT2D eigenvalue weighted by molar-refractivity contribution is -0.659. The minimum absolute atomic E-state index is 0.306. The van der Waals surface area contributed by atoms with Crippen LogP contribution in [0.2, 0.25) is 0 Å². The summed E-state index contributed by atoms with van der Waals surface area (Å²) < 4.78 is 19.7. The minimum atomic E-state index is 0.306. The molecule has 0 saturated heterocycles. The summed E-state index contributed by atoms with van der Waals surface area (Å²) in [5, 5.41) is 2.04. The van der Waals surface area contributed by atoms with Crippen molar-refractivity contribution in [3.8, 4) is 11.3 Å². The molecular formula is C33H44N+. The maximum absolute atomic E-state index is 8.87. The van der Waals surface area contributed by atoms with Gasteiger partial charge in [-0.3, -0.25) is 0 Å². The van der Waals surface area contributed by atoms with E-state index in [1.165, 1.54) is 86.5 Å². The summed E-state index contributed by atoms with van der Waals surface area (Å²) in [6.07, 6.45) is 14.6. The molecule has 0 N–H and O–H groups in total. The Morgan fingerprint density at radius 3 is 2.26 bits per heavy atom. The first-order valence-corrected chi connectivity index (χ1v) is 13.9. The van der Waals surface area contributed by atoms with E-state index < -0.39 is 0 Å². The van der Waals surface area contributed by atoms with E-state index in [0.29, 0.717) is 30.0 Å². The maximum Gasteiger partial charge on any atom is 0.220 e. The molecule has 0 aliphatic heterocycles. The zero-order valence-electron chi connectivity index (χ0n) is 23.8. The van der Waals surface area contributed by atoms with Crippen molar-refractivity contribution in [2.45, 2.75) is 103 Å². The molecule has 1 nitrogen and oxygen atoms in total. The van der Waals surface area contributed by atoms with E-state index in [-0.39, 0.29) is 0 Å². The molecule has 0 spiro atoms. The molecule has 0 bridgehead atoms. The Balaban J connectivity index is 1.74. The van der Waals surface area contributed by atoms with Crippen molar-refractivity contribution in [1.82, 2.24) is 0 Å². The zero-order valence-corrected chi connectivity index (χ0v) is 21.8. The predicted molar refractivity (Wildman–Crippen MR) is 145 cm³/mol. The molecule has 2 aromatic carbocycles. The predicted octanol–water partition coefficient (Wildman–Crippen LogP) is 8.93. The lowest BCUT2D eigenvalue weighted by atomic mass is 9.76. The number of nitrogens with zero attached hydrogens (tertiary/aromatic N) is 1. The Morgan fingerprint density at radius 1 is 0.912 bits per heavy atom. The van der Waals surface area contributed by atoms with Gasteiger partial charge in [0.2, 0.25) is 5.69 Å². The average Bonchev–Trinajstić information content (AvgIpc) is 2.89. The van der Waals surface area contributed by atoms with E-state index in [0.717, 1.165) is 22.9 Å². The van der Waals surface area contributed by atoms with Gasteiger partial charge < -0.3 is 0 Å². The van der Waals surface area contributed by atoms with Crippen molar-refractivity contribution >= 4 is 10.8 Å². The van der Waals surface area contributed by atoms with Crippen LogP contribution < -0.4 is 4.57 Å². The van der Waals surface area contributed by atoms with E-state index in [9.17, 15) is 0 Å². The molecule has 0 atom stereocenters. The molecule has 2 fully saturated rings. The maximum atomic E-state index is 8.87. The van der Waals surface area contributed by atoms with Crippen LogP contribution in [-0.4, -0.2) is 0 Å². The summed E-state index contributed by atoms with van der Waals surface area (Å²) in [5.41, 5.74) is 8.13. The van der Waals surface area contributed by atoms with Crippen LogP contribution in [0.15, 0.2) is 42.5 Å². The van der Waals surface area contributed by atoms with Gasteiger partial charge in [-0.1, -0.05) is 70.6 Å². The molecule has 0 radical (unpaired) electrons. The van der Waals surface area contributed by atoms with Crippen molar-refractivity contribution in [3.05, 3.63) is 64.8 Å². The molecule has 1 heterocycles. The van der Waals surface area contributed by atoms with Crippen molar-refractivity contribution in [1.29, 1.82) is 0 Å². The van der Waals surface area contributed by atoms with Gasteiger partial charge in [0.1, 0.15) is 8.42 Å². The Labute approximate surface area is 210 Å². The van der Waals surface area contributed by atoms with Crippen LogP contribution >= 0.6 is 0 Å². The second-order valence-electron chi connectivity index (χ2n) is 11.6. The Morgan fingerprint density at radius 2 is 1.59 bits per heavy atom. The fourth-order valence-electron chi connectivity index (χ4n) is 6.72. The summed E-state index contributed by atoms with van der Waals surface area (Å²) in [6, 6.07) is 12.0. The molecule has 1 aromatic heterocycles.